The van der Waals surface area contributed by atoms with Gasteiger partial charge in [-0.05, 0) is 43.6 Å². The summed E-state index contributed by atoms with van der Waals surface area (Å²) in [6.07, 6.45) is 4.88. The number of aromatic nitrogens is 2. The van der Waals surface area contributed by atoms with Gasteiger partial charge in [-0.1, -0.05) is 17.7 Å². The van der Waals surface area contributed by atoms with E-state index in [1.54, 1.807) is 11.3 Å². The third kappa shape index (κ3) is 3.37. The van der Waals surface area contributed by atoms with Crippen LogP contribution in [0.1, 0.15) is 54.8 Å². The number of halogens is 1. The Morgan fingerprint density at radius 3 is 2.96 bits per heavy atom. The van der Waals surface area contributed by atoms with Crippen molar-refractivity contribution >= 4 is 28.8 Å². The normalized spacial score (nSPS) is 22.5. The Morgan fingerprint density at radius 1 is 1.35 bits per heavy atom. The van der Waals surface area contributed by atoms with E-state index in [1.807, 2.05) is 23.6 Å². The van der Waals surface area contributed by atoms with Gasteiger partial charge in [-0.25, -0.2) is 9.97 Å². The van der Waals surface area contributed by atoms with Crippen molar-refractivity contribution in [3.8, 4) is 0 Å². The van der Waals surface area contributed by atoms with Gasteiger partial charge in [0.25, 0.3) is 0 Å². The fourth-order valence-electron chi connectivity index (χ4n) is 3.33. The van der Waals surface area contributed by atoms with Gasteiger partial charge in [-0.15, -0.1) is 11.3 Å². The average molecular weight is 350 g/mol. The Hall–Kier alpha value is -1.17. The number of nitrogens with zero attached hydrogens (tertiary/aromatic N) is 3. The summed E-state index contributed by atoms with van der Waals surface area (Å²) in [6.45, 7) is 0.972. The van der Waals surface area contributed by atoms with Gasteiger partial charge < -0.3 is 10.0 Å². The Morgan fingerprint density at radius 2 is 2.22 bits per heavy atom. The van der Waals surface area contributed by atoms with E-state index >= 15 is 0 Å². The molecule has 23 heavy (non-hydrogen) atoms. The largest absolute Gasteiger partial charge is 0.387 e. The number of hydrogen-bond acceptors (Lipinski definition) is 5. The Bertz CT molecular complexity index is 674. The maximum atomic E-state index is 10.5. The van der Waals surface area contributed by atoms with Crippen LogP contribution in [0.5, 0.6) is 0 Å². The maximum absolute atomic E-state index is 10.5. The van der Waals surface area contributed by atoms with E-state index in [-0.39, 0.29) is 0 Å². The van der Waals surface area contributed by atoms with Gasteiger partial charge in [0.1, 0.15) is 16.8 Å². The van der Waals surface area contributed by atoms with Gasteiger partial charge in [0.15, 0.2) is 0 Å². The average Bonchev–Trinajstić information content (AvgIpc) is 3.05. The van der Waals surface area contributed by atoms with Crippen LogP contribution in [0.4, 0.5) is 5.82 Å². The van der Waals surface area contributed by atoms with E-state index in [4.69, 9.17) is 16.6 Å². The second-order valence-corrected chi connectivity index (χ2v) is 7.80. The molecule has 0 aromatic carbocycles. The van der Waals surface area contributed by atoms with Crippen LogP contribution < -0.4 is 4.90 Å². The van der Waals surface area contributed by atoms with Crippen LogP contribution in [0.25, 0.3) is 0 Å². The minimum absolute atomic E-state index is 0.310. The zero-order chi connectivity index (χ0) is 15.8. The van der Waals surface area contributed by atoms with E-state index in [9.17, 15) is 5.11 Å². The van der Waals surface area contributed by atoms with E-state index in [0.29, 0.717) is 17.1 Å². The third-order valence-electron chi connectivity index (χ3n) is 4.68. The number of thiophene rings is 1. The number of aliphatic hydroxyl groups excluding tert-OH is 1. The molecule has 2 atom stereocenters. The van der Waals surface area contributed by atoms with E-state index in [2.05, 4.69) is 9.88 Å². The molecule has 1 aliphatic heterocycles. The Balaban J connectivity index is 1.53. The molecule has 1 saturated carbocycles. The highest BCUT2D eigenvalue weighted by Crippen LogP contribution is 2.40. The summed E-state index contributed by atoms with van der Waals surface area (Å²) < 4.78 is 0. The van der Waals surface area contributed by atoms with Gasteiger partial charge >= 0.3 is 0 Å². The third-order valence-corrected chi connectivity index (χ3v) is 5.85. The predicted octanol–water partition coefficient (Wildman–Crippen LogP) is 4.16. The van der Waals surface area contributed by atoms with Crippen molar-refractivity contribution < 1.29 is 5.11 Å². The summed E-state index contributed by atoms with van der Waals surface area (Å²) in [4.78, 5) is 12.5. The lowest BCUT2D eigenvalue weighted by Gasteiger charge is -2.27. The lowest BCUT2D eigenvalue weighted by molar-refractivity contribution is 0.161. The molecular formula is C17H20ClN3OS. The highest BCUT2D eigenvalue weighted by molar-refractivity contribution is 7.10. The van der Waals surface area contributed by atoms with Crippen LogP contribution in [-0.4, -0.2) is 27.7 Å². The van der Waals surface area contributed by atoms with Crippen molar-refractivity contribution in [3.63, 3.8) is 0 Å². The number of rotatable bonds is 5. The molecule has 122 valence electrons. The molecule has 2 aliphatic rings. The number of aliphatic hydroxyl groups is 1. The second-order valence-electron chi connectivity index (χ2n) is 6.44. The van der Waals surface area contributed by atoms with Gasteiger partial charge in [-0.3, -0.25) is 0 Å². The number of hydrogen-bond donors (Lipinski definition) is 1. The molecule has 4 rings (SSSR count). The summed E-state index contributed by atoms with van der Waals surface area (Å²) >= 11 is 7.82. The molecule has 0 radical (unpaired) electrons. The molecular weight excluding hydrogens is 330 g/mol. The second kappa shape index (κ2) is 6.38. The summed E-state index contributed by atoms with van der Waals surface area (Å²) in [5, 5.41) is 13.0. The molecule has 1 N–H and O–H groups in total. The quantitative estimate of drug-likeness (QED) is 0.823. The van der Waals surface area contributed by atoms with Gasteiger partial charge in [0.2, 0.25) is 0 Å². The summed E-state index contributed by atoms with van der Waals surface area (Å²) in [5.41, 5.74) is 0. The van der Waals surface area contributed by atoms with Gasteiger partial charge in [0, 0.05) is 29.4 Å². The van der Waals surface area contributed by atoms with Gasteiger partial charge in [0.05, 0.1) is 6.10 Å². The van der Waals surface area contributed by atoms with Crippen LogP contribution in [0.3, 0.4) is 0 Å². The monoisotopic (exact) mass is 349 g/mol. The molecule has 4 nitrogen and oxygen atoms in total. The van der Waals surface area contributed by atoms with E-state index in [1.165, 1.54) is 12.8 Å². The van der Waals surface area contributed by atoms with Crippen LogP contribution in [0.15, 0.2) is 23.6 Å². The van der Waals surface area contributed by atoms with Crippen molar-refractivity contribution in [1.82, 2.24) is 9.97 Å². The molecule has 3 heterocycles. The molecule has 2 unspecified atom stereocenters. The summed E-state index contributed by atoms with van der Waals surface area (Å²) in [7, 11) is 0. The Labute approximate surface area is 145 Å². The van der Waals surface area contributed by atoms with Crippen molar-refractivity contribution in [1.29, 1.82) is 0 Å². The van der Waals surface area contributed by atoms with Crippen LogP contribution in [0.2, 0.25) is 5.15 Å². The minimum Gasteiger partial charge on any atom is -0.387 e. The molecule has 0 bridgehead atoms. The van der Waals surface area contributed by atoms with Crippen molar-refractivity contribution in [2.24, 2.45) is 0 Å². The smallest absolute Gasteiger partial charge is 0.135 e. The van der Waals surface area contributed by atoms with Crippen LogP contribution >= 0.6 is 22.9 Å². The first-order valence-corrected chi connectivity index (χ1v) is 9.49. The highest BCUT2D eigenvalue weighted by Gasteiger charge is 2.31. The Kier molecular flexibility index (Phi) is 4.26. The molecule has 2 aromatic rings. The zero-order valence-corrected chi connectivity index (χ0v) is 14.4. The first kappa shape index (κ1) is 15.4. The SMILES string of the molecule is OC(CC1CCCN1c1cc(Cl)nc(C2CC2)n1)c1cccs1. The van der Waals surface area contributed by atoms with Crippen molar-refractivity contribution in [2.75, 3.05) is 11.4 Å². The predicted molar refractivity (Wildman–Crippen MR) is 93.3 cm³/mol. The summed E-state index contributed by atoms with van der Waals surface area (Å²) in [5.74, 6) is 2.30. The lowest BCUT2D eigenvalue weighted by atomic mass is 10.1. The van der Waals surface area contributed by atoms with Crippen molar-refractivity contribution in [2.45, 2.75) is 50.2 Å². The number of anilines is 1. The van der Waals surface area contributed by atoms with E-state index in [0.717, 1.165) is 42.3 Å². The lowest BCUT2D eigenvalue weighted by Crippen LogP contribution is -2.31. The topological polar surface area (TPSA) is 49.2 Å². The molecule has 1 aliphatic carbocycles. The first-order valence-electron chi connectivity index (χ1n) is 8.23. The van der Waals surface area contributed by atoms with E-state index < -0.39 is 6.10 Å². The zero-order valence-electron chi connectivity index (χ0n) is 12.9. The first-order chi connectivity index (χ1) is 11.2. The fraction of sp³-hybridized carbons (Fsp3) is 0.529. The summed E-state index contributed by atoms with van der Waals surface area (Å²) in [6, 6.07) is 6.16. The standard InChI is InChI=1S/C17H20ClN3OS/c18-15-10-16(20-17(19-15)11-5-6-11)21-7-1-3-12(21)9-13(22)14-4-2-8-23-14/h2,4,8,10-13,22H,1,3,5-7,9H2. The van der Waals surface area contributed by atoms with Gasteiger partial charge in [-0.2, -0.15) is 0 Å². The molecule has 0 spiro atoms. The fourth-order valence-corrected chi connectivity index (χ4v) is 4.24. The molecule has 1 saturated heterocycles. The molecule has 0 amide bonds. The maximum Gasteiger partial charge on any atom is 0.135 e. The van der Waals surface area contributed by atoms with Crippen molar-refractivity contribution in [3.05, 3.63) is 39.4 Å². The molecule has 6 heteroatoms. The van der Waals surface area contributed by atoms with Crippen LogP contribution in [-0.2, 0) is 0 Å². The van der Waals surface area contributed by atoms with Crippen LogP contribution in [0, 0.1) is 0 Å². The highest BCUT2D eigenvalue weighted by atomic mass is 35.5. The minimum atomic E-state index is -0.402. The molecule has 2 fully saturated rings. The molecule has 2 aromatic heterocycles.